The summed E-state index contributed by atoms with van der Waals surface area (Å²) in [6.07, 6.45) is 0. The lowest BCUT2D eigenvalue weighted by atomic mass is 9.92. The number of carbonyl (C=O) groups excluding carboxylic acids is 2. The molecule has 1 aromatic heterocycles. The molecular formula is C32H36N4O5. The number of carbonyl (C=O) groups is 2. The van der Waals surface area contributed by atoms with Crippen LogP contribution >= 0.6 is 0 Å². The lowest BCUT2D eigenvalue weighted by Gasteiger charge is -2.26. The highest BCUT2D eigenvalue weighted by atomic mass is 16.5. The van der Waals surface area contributed by atoms with Crippen molar-refractivity contribution < 1.29 is 23.8 Å². The molecule has 214 valence electrons. The third kappa shape index (κ3) is 6.42. The molecule has 0 bridgehead atoms. The number of fused-ring (bicyclic) bond motifs is 1. The van der Waals surface area contributed by atoms with Crippen molar-refractivity contribution in [3.63, 3.8) is 0 Å². The third-order valence-corrected chi connectivity index (χ3v) is 7.12. The van der Waals surface area contributed by atoms with E-state index >= 15 is 0 Å². The number of hydrogen-bond acceptors (Lipinski definition) is 7. The Bertz CT molecular complexity index is 1550. The first kappa shape index (κ1) is 28.3. The largest absolute Gasteiger partial charge is 0.497 e. The van der Waals surface area contributed by atoms with E-state index in [0.29, 0.717) is 40.6 Å². The van der Waals surface area contributed by atoms with Crippen molar-refractivity contribution in [3.8, 4) is 17.2 Å². The SMILES string of the molecule is COc1cccc(-n2nc(C(C)(C)C)cc2NC(=O)C(=O)c2ccc(OCCN3CCOCC3)c3ccccc23)c1. The van der Waals surface area contributed by atoms with Crippen molar-refractivity contribution in [2.24, 2.45) is 0 Å². The Kier molecular flexibility index (Phi) is 8.37. The van der Waals surface area contributed by atoms with Gasteiger partial charge < -0.3 is 19.5 Å². The lowest BCUT2D eigenvalue weighted by Crippen LogP contribution is -2.38. The normalized spacial score (nSPS) is 14.1. The minimum atomic E-state index is -0.749. The summed E-state index contributed by atoms with van der Waals surface area (Å²) in [7, 11) is 1.59. The fraction of sp³-hybridized carbons (Fsp3) is 0.344. The molecule has 0 saturated carbocycles. The van der Waals surface area contributed by atoms with E-state index in [1.54, 1.807) is 30.0 Å². The molecule has 1 fully saturated rings. The number of morpholine rings is 1. The number of ether oxygens (including phenoxy) is 3. The highest BCUT2D eigenvalue weighted by Crippen LogP contribution is 2.30. The van der Waals surface area contributed by atoms with Crippen molar-refractivity contribution in [3.05, 3.63) is 78.0 Å². The Morgan fingerprint density at radius 1 is 0.976 bits per heavy atom. The molecule has 3 aromatic carbocycles. The van der Waals surface area contributed by atoms with E-state index < -0.39 is 11.7 Å². The maximum absolute atomic E-state index is 13.5. The van der Waals surface area contributed by atoms with Crippen LogP contribution in [0.2, 0.25) is 0 Å². The van der Waals surface area contributed by atoms with E-state index in [1.165, 1.54) is 0 Å². The van der Waals surface area contributed by atoms with E-state index in [9.17, 15) is 9.59 Å². The number of amides is 1. The molecule has 1 N–H and O–H groups in total. The Morgan fingerprint density at radius 3 is 2.46 bits per heavy atom. The van der Waals surface area contributed by atoms with E-state index in [2.05, 4.69) is 10.2 Å². The van der Waals surface area contributed by atoms with Gasteiger partial charge in [0, 0.05) is 48.1 Å². The van der Waals surface area contributed by atoms with Gasteiger partial charge in [-0.05, 0) is 29.7 Å². The number of nitrogens with one attached hydrogen (secondary N) is 1. The molecule has 4 aromatic rings. The first-order valence-corrected chi connectivity index (χ1v) is 13.8. The van der Waals surface area contributed by atoms with Crippen LogP contribution < -0.4 is 14.8 Å². The number of ketones is 1. The average Bonchev–Trinajstić information content (AvgIpc) is 3.42. The van der Waals surface area contributed by atoms with Gasteiger partial charge in [0.05, 0.1) is 31.7 Å². The fourth-order valence-electron chi connectivity index (χ4n) is 4.78. The second kappa shape index (κ2) is 12.1. The molecule has 5 rings (SSSR count). The van der Waals surface area contributed by atoms with Crippen molar-refractivity contribution in [1.82, 2.24) is 14.7 Å². The molecule has 1 saturated heterocycles. The highest BCUT2D eigenvalue weighted by Gasteiger charge is 2.25. The van der Waals surface area contributed by atoms with Crippen LogP contribution in [0.25, 0.3) is 16.5 Å². The van der Waals surface area contributed by atoms with Crippen molar-refractivity contribution in [2.45, 2.75) is 26.2 Å². The van der Waals surface area contributed by atoms with Crippen molar-refractivity contribution in [2.75, 3.05) is 51.9 Å². The number of aromatic nitrogens is 2. The van der Waals surface area contributed by atoms with Gasteiger partial charge in [0.15, 0.2) is 0 Å². The molecular weight excluding hydrogens is 520 g/mol. The van der Waals surface area contributed by atoms with Gasteiger partial charge in [-0.3, -0.25) is 14.5 Å². The first-order valence-electron chi connectivity index (χ1n) is 13.8. The van der Waals surface area contributed by atoms with Crippen LogP contribution in [0.4, 0.5) is 5.82 Å². The minimum absolute atomic E-state index is 0.276. The van der Waals surface area contributed by atoms with Gasteiger partial charge >= 0.3 is 0 Å². The maximum Gasteiger partial charge on any atom is 0.297 e. The summed E-state index contributed by atoms with van der Waals surface area (Å²) in [4.78, 5) is 29.2. The van der Waals surface area contributed by atoms with Crippen LogP contribution in [0, 0.1) is 0 Å². The van der Waals surface area contributed by atoms with E-state index in [-0.39, 0.29) is 5.41 Å². The molecule has 41 heavy (non-hydrogen) atoms. The third-order valence-electron chi connectivity index (χ3n) is 7.12. The standard InChI is InChI=1S/C32H36N4O5/c1-32(2,3)28-21-29(36(34-28)22-8-7-9-23(20-22)39-4)33-31(38)30(37)26-12-13-27(25-11-6-5-10-24(25)26)41-19-16-35-14-17-40-18-15-35/h5-13,20-21H,14-19H2,1-4H3,(H,33,38). The van der Waals surface area contributed by atoms with Gasteiger partial charge in [0.2, 0.25) is 0 Å². The lowest BCUT2D eigenvalue weighted by molar-refractivity contribution is -0.112. The zero-order valence-electron chi connectivity index (χ0n) is 24.0. The smallest absolute Gasteiger partial charge is 0.297 e. The maximum atomic E-state index is 13.5. The van der Waals surface area contributed by atoms with Crippen LogP contribution in [0.3, 0.4) is 0 Å². The Hall–Kier alpha value is -4.21. The Labute approximate surface area is 240 Å². The van der Waals surface area contributed by atoms with Crippen LogP contribution in [0.1, 0.15) is 36.8 Å². The summed E-state index contributed by atoms with van der Waals surface area (Å²) in [5.74, 6) is 0.338. The molecule has 9 nitrogen and oxygen atoms in total. The molecule has 0 unspecified atom stereocenters. The zero-order chi connectivity index (χ0) is 29.0. The topological polar surface area (TPSA) is 94.9 Å². The number of rotatable bonds is 9. The van der Waals surface area contributed by atoms with Gasteiger partial charge in [-0.15, -0.1) is 0 Å². The number of nitrogens with zero attached hydrogens (tertiary/aromatic N) is 3. The molecule has 0 atom stereocenters. The van der Waals surface area contributed by atoms with Gasteiger partial charge in [-0.1, -0.05) is 51.1 Å². The Balaban J connectivity index is 1.39. The average molecular weight is 557 g/mol. The zero-order valence-corrected chi connectivity index (χ0v) is 24.0. The van der Waals surface area contributed by atoms with Gasteiger partial charge in [0.25, 0.3) is 11.7 Å². The van der Waals surface area contributed by atoms with Crippen molar-refractivity contribution in [1.29, 1.82) is 0 Å². The number of benzene rings is 3. The Morgan fingerprint density at radius 2 is 1.73 bits per heavy atom. The molecule has 0 radical (unpaired) electrons. The van der Waals surface area contributed by atoms with Gasteiger partial charge in [0.1, 0.15) is 23.9 Å². The van der Waals surface area contributed by atoms with E-state index in [4.69, 9.17) is 19.3 Å². The molecule has 9 heteroatoms. The summed E-state index contributed by atoms with van der Waals surface area (Å²) >= 11 is 0. The molecule has 2 heterocycles. The van der Waals surface area contributed by atoms with Crippen LogP contribution in [-0.2, 0) is 14.9 Å². The molecule has 0 aliphatic carbocycles. The number of methoxy groups -OCH3 is 1. The van der Waals surface area contributed by atoms with E-state index in [0.717, 1.165) is 43.9 Å². The molecule has 0 spiro atoms. The second-order valence-corrected chi connectivity index (χ2v) is 11.0. The second-order valence-electron chi connectivity index (χ2n) is 11.0. The quantitative estimate of drug-likeness (QED) is 0.232. The summed E-state index contributed by atoms with van der Waals surface area (Å²) in [5, 5.41) is 9.00. The monoisotopic (exact) mass is 556 g/mol. The van der Waals surface area contributed by atoms with Gasteiger partial charge in [-0.25, -0.2) is 4.68 Å². The first-order chi connectivity index (χ1) is 19.7. The molecule has 1 amide bonds. The van der Waals surface area contributed by atoms with Crippen molar-refractivity contribution >= 4 is 28.3 Å². The number of Topliss-reactive ketones (excluding diaryl/α,β-unsaturated/α-hetero) is 1. The minimum Gasteiger partial charge on any atom is -0.497 e. The van der Waals surface area contributed by atoms with Crippen LogP contribution in [-0.4, -0.2) is 72.9 Å². The number of hydrogen-bond donors (Lipinski definition) is 1. The van der Waals surface area contributed by atoms with Crippen LogP contribution in [0.15, 0.2) is 66.7 Å². The molecule has 1 aliphatic heterocycles. The summed E-state index contributed by atoms with van der Waals surface area (Å²) in [5.41, 5.74) is 1.50. The van der Waals surface area contributed by atoms with Crippen LogP contribution in [0.5, 0.6) is 11.5 Å². The van der Waals surface area contributed by atoms with Gasteiger partial charge in [-0.2, -0.15) is 5.10 Å². The highest BCUT2D eigenvalue weighted by molar-refractivity contribution is 6.48. The number of anilines is 1. The predicted octanol–water partition coefficient (Wildman–Crippen LogP) is 4.86. The summed E-state index contributed by atoms with van der Waals surface area (Å²) in [6, 6.07) is 20.1. The molecule has 1 aliphatic rings. The van der Waals surface area contributed by atoms with E-state index in [1.807, 2.05) is 69.3 Å². The fourth-order valence-corrected chi connectivity index (χ4v) is 4.78. The summed E-state index contributed by atoms with van der Waals surface area (Å²) < 4.78 is 18.5. The predicted molar refractivity (Wildman–Crippen MR) is 158 cm³/mol. The summed E-state index contributed by atoms with van der Waals surface area (Å²) in [6.45, 7) is 10.7.